The molecule has 0 radical (unpaired) electrons. The number of aliphatic carboxylic acids is 4. The van der Waals surface area contributed by atoms with E-state index in [0.29, 0.717) is 17.4 Å². The number of nitrogens with zero attached hydrogens (tertiary/aromatic N) is 1. The summed E-state index contributed by atoms with van der Waals surface area (Å²) in [6.07, 6.45) is -4.12. The van der Waals surface area contributed by atoms with Crippen LogP contribution in [0, 0.1) is 11.8 Å². The highest BCUT2D eigenvalue weighted by molar-refractivity contribution is 7.81. The monoisotopic (exact) mass is 1310 g/mol. The zero-order chi connectivity index (χ0) is 67.6. The summed E-state index contributed by atoms with van der Waals surface area (Å²) in [6.45, 7) is 7.98. The van der Waals surface area contributed by atoms with E-state index in [1.807, 2.05) is 0 Å². The van der Waals surface area contributed by atoms with Crippen LogP contribution in [0.4, 0.5) is 0 Å². The van der Waals surface area contributed by atoms with Gasteiger partial charge in [-0.05, 0) is 80.5 Å². The van der Waals surface area contributed by atoms with E-state index in [9.17, 15) is 96.0 Å². The Balaban J connectivity index is 0.0000282. The van der Waals surface area contributed by atoms with Gasteiger partial charge in [-0.2, -0.15) is 8.42 Å². The molecule has 504 valence electrons. The fourth-order valence-electron chi connectivity index (χ4n) is 9.32. The number of carbonyl (C=O) groups is 14. The van der Waals surface area contributed by atoms with E-state index in [4.69, 9.17) is 10.3 Å². The summed E-state index contributed by atoms with van der Waals surface area (Å²) in [4.78, 5) is 185. The van der Waals surface area contributed by atoms with Gasteiger partial charge in [-0.15, -0.1) is 0 Å². The van der Waals surface area contributed by atoms with Gasteiger partial charge in [-0.25, -0.2) is 0 Å². The predicted molar refractivity (Wildman–Crippen MR) is 318 cm³/mol. The molecule has 0 bridgehead atoms. The lowest BCUT2D eigenvalue weighted by atomic mass is 9.96. The van der Waals surface area contributed by atoms with E-state index in [1.54, 1.807) is 58.0 Å². The summed E-state index contributed by atoms with van der Waals surface area (Å²) in [7, 11) is -4.90. The normalized spacial score (nSPS) is 16.1. The Labute approximate surface area is 523 Å². The summed E-state index contributed by atoms with van der Waals surface area (Å²) in [5.41, 5.74) is 6.52. The molecular formula is C57H82N10O23S. The topological polar surface area (TPSA) is 540 Å². The number of nitrogens with one attached hydrogen (secondary N) is 8. The fourth-order valence-corrected chi connectivity index (χ4v) is 9.68. The van der Waals surface area contributed by atoms with Crippen LogP contribution in [0.2, 0.25) is 0 Å². The van der Waals surface area contributed by atoms with Gasteiger partial charge in [0.15, 0.2) is 0 Å². The van der Waals surface area contributed by atoms with E-state index in [1.165, 1.54) is 19.1 Å². The van der Waals surface area contributed by atoms with Crippen molar-refractivity contribution in [1.29, 1.82) is 0 Å². The van der Waals surface area contributed by atoms with Crippen LogP contribution in [0.25, 0.3) is 0 Å². The minimum Gasteiger partial charge on any atom is -0.481 e. The average Bonchev–Trinajstić information content (AvgIpc) is 1.98. The number of carboxylic acid groups (broad SMARTS) is 4. The first-order valence-electron chi connectivity index (χ1n) is 28.8. The van der Waals surface area contributed by atoms with Crippen LogP contribution in [0.5, 0.6) is 5.75 Å². The maximum Gasteiger partial charge on any atom is 0.446 e. The third kappa shape index (κ3) is 27.6. The second-order valence-corrected chi connectivity index (χ2v) is 23.1. The third-order valence-corrected chi connectivity index (χ3v) is 14.7. The molecule has 1 aliphatic heterocycles. The number of rotatable bonds is 39. The molecule has 1 fully saturated rings. The van der Waals surface area contributed by atoms with Crippen molar-refractivity contribution in [2.75, 3.05) is 6.54 Å². The molecule has 0 saturated carbocycles. The third-order valence-electron chi connectivity index (χ3n) is 14.3. The molecule has 34 heteroatoms. The Morgan fingerprint density at radius 1 is 0.604 bits per heavy atom. The van der Waals surface area contributed by atoms with Crippen LogP contribution >= 0.6 is 0 Å². The quantitative estimate of drug-likeness (QED) is 0.0241. The molecule has 11 atom stereocenters. The highest BCUT2D eigenvalue weighted by Crippen LogP contribution is 2.23. The lowest BCUT2D eigenvalue weighted by Crippen LogP contribution is -2.61. The molecule has 33 nitrogen and oxygen atoms in total. The molecule has 1 aliphatic rings. The molecule has 2 aromatic rings. The van der Waals surface area contributed by atoms with E-state index in [2.05, 4.69) is 46.7 Å². The fraction of sp³-hybridized carbons (Fsp3) is 0.544. The Kier molecular flexibility index (Phi) is 32.3. The summed E-state index contributed by atoms with van der Waals surface area (Å²) in [5, 5.41) is 57.5. The SMILES string of the molecule is CC[C@H](C)[C@H](NC(=O)[C@H](CCC(=O)O)NC(=O)[C@H](CCC(=O)O)NC(=O)[C@H](Cc1ccccc1)NC(=O)[C@@H](N)CC(=O)O)C(=O)N1CCC[C@H]1C(=O)N[C@@H](C)C(=O)N[C@@H](CCC(=O)O)C(=O)N[C@@H](Cc1ccc(OS(=O)(=O)O)cc1)C(=O)N[C@H](C=O)CC(C)C.O. The van der Waals surface area contributed by atoms with Crippen molar-refractivity contribution in [2.24, 2.45) is 17.6 Å². The van der Waals surface area contributed by atoms with Gasteiger partial charge >= 0.3 is 34.3 Å². The molecule has 0 unspecified atom stereocenters. The number of aldehydes is 1. The molecule has 9 amide bonds. The van der Waals surface area contributed by atoms with Gasteiger partial charge in [0.25, 0.3) is 0 Å². The summed E-state index contributed by atoms with van der Waals surface area (Å²) >= 11 is 0. The van der Waals surface area contributed by atoms with Crippen molar-refractivity contribution in [3.63, 3.8) is 0 Å². The molecule has 0 aliphatic carbocycles. The first-order chi connectivity index (χ1) is 42.2. The summed E-state index contributed by atoms with van der Waals surface area (Å²) in [6, 6.07) is -2.16. The lowest BCUT2D eigenvalue weighted by Gasteiger charge is -2.33. The average molecular weight is 1310 g/mol. The zero-order valence-corrected chi connectivity index (χ0v) is 51.5. The van der Waals surface area contributed by atoms with Crippen molar-refractivity contribution in [3.8, 4) is 5.75 Å². The molecule has 2 aromatic carbocycles. The number of benzene rings is 2. The molecule has 0 aromatic heterocycles. The van der Waals surface area contributed by atoms with Crippen LogP contribution in [-0.2, 0) is 90.4 Å². The van der Waals surface area contributed by atoms with E-state index < -0.39 is 199 Å². The largest absolute Gasteiger partial charge is 0.481 e. The molecule has 0 spiro atoms. The molecule has 1 saturated heterocycles. The van der Waals surface area contributed by atoms with Crippen molar-refractivity contribution in [3.05, 3.63) is 65.7 Å². The molecule has 91 heavy (non-hydrogen) atoms. The number of carboxylic acids is 4. The maximum atomic E-state index is 14.6. The van der Waals surface area contributed by atoms with Gasteiger partial charge in [0.2, 0.25) is 53.2 Å². The maximum absolute atomic E-state index is 14.6. The van der Waals surface area contributed by atoms with Gasteiger partial charge in [0.05, 0.1) is 18.5 Å². The van der Waals surface area contributed by atoms with Crippen molar-refractivity contribution in [2.45, 2.75) is 179 Å². The van der Waals surface area contributed by atoms with E-state index in [-0.39, 0.29) is 62.2 Å². The Morgan fingerprint density at radius 3 is 1.49 bits per heavy atom. The van der Waals surface area contributed by atoms with Gasteiger partial charge in [0.1, 0.15) is 60.4 Å². The second kappa shape index (κ2) is 37.8. The second-order valence-electron chi connectivity index (χ2n) is 22.0. The van der Waals surface area contributed by atoms with Gasteiger partial charge in [-0.3, -0.25) is 66.9 Å². The highest BCUT2D eigenvalue weighted by Gasteiger charge is 2.42. The zero-order valence-electron chi connectivity index (χ0n) is 50.7. The minimum atomic E-state index is -4.90. The number of hydrogen-bond acceptors (Lipinski definition) is 18. The number of nitrogens with two attached hydrogens (primary N) is 1. The summed E-state index contributed by atoms with van der Waals surface area (Å²) < 4.78 is 36.0. The Hall–Kier alpha value is -9.15. The van der Waals surface area contributed by atoms with Crippen molar-refractivity contribution in [1.82, 2.24) is 47.4 Å². The van der Waals surface area contributed by atoms with E-state index >= 15 is 0 Å². The minimum absolute atomic E-state index is 0. The van der Waals surface area contributed by atoms with Gasteiger partial charge < -0.3 is 88.0 Å². The first-order valence-corrected chi connectivity index (χ1v) is 30.2. The Morgan fingerprint density at radius 2 is 1.04 bits per heavy atom. The standard InChI is InChI=1S/C57H80N10O22S.H2O/c1-6-31(4)48(66-53(81)40(20-23-46(73)74)62-51(79)39(19-22-45(71)72)63-55(83)42(26-33-11-8-7-9-12-33)64-50(78)37(58)28-47(75)76)57(85)67-24-10-13-43(67)56(84)59-32(5)49(77)61-38(18-21-44(69)70)52(80)65-41(54(82)60-35(29-68)25-30(2)3)27-34-14-16-36(17-15-34)89-90(86,87)88;/h7-9,11-12,14-17,29-32,35,37-43,48H,6,10,13,18-28,58H2,1-5H3,(H,59,84)(H,60,82)(H,61,77)(H,62,79)(H,63,83)(H,64,78)(H,65,80)(H,66,81)(H,69,70)(H,71,72)(H,73,74)(H,75,76)(H,86,87,88);1H2/t31-,32-,35-,37-,38-,39-,40-,41-,42-,43-,48-;/m0./s1. The lowest BCUT2D eigenvalue weighted by molar-refractivity contribution is -0.144. The Bertz CT molecular complexity index is 3010. The molecular weight excluding hydrogens is 1220 g/mol. The highest BCUT2D eigenvalue weighted by atomic mass is 32.3. The number of likely N-dealkylation sites (tertiary alicyclic amines) is 1. The first kappa shape index (κ1) is 77.9. The van der Waals surface area contributed by atoms with Crippen LogP contribution < -0.4 is 52.5 Å². The number of amides is 9. The van der Waals surface area contributed by atoms with Crippen LogP contribution in [0.15, 0.2) is 54.6 Å². The van der Waals surface area contributed by atoms with Crippen LogP contribution in [-0.4, -0.2) is 194 Å². The number of carbonyl (C=O) groups excluding carboxylic acids is 10. The van der Waals surface area contributed by atoms with Gasteiger partial charge in [-0.1, -0.05) is 76.6 Å². The van der Waals surface area contributed by atoms with Crippen molar-refractivity contribution >= 4 is 93.7 Å². The van der Waals surface area contributed by atoms with Crippen molar-refractivity contribution < 1.29 is 110 Å². The van der Waals surface area contributed by atoms with Crippen LogP contribution in [0.3, 0.4) is 0 Å². The summed E-state index contributed by atoms with van der Waals surface area (Å²) in [5.74, 6) is -15.8. The smallest absolute Gasteiger partial charge is 0.446 e. The molecule has 17 N–H and O–H groups in total. The molecule has 3 rings (SSSR count). The van der Waals surface area contributed by atoms with Crippen LogP contribution in [0.1, 0.15) is 116 Å². The predicted octanol–water partition coefficient (Wildman–Crippen LogP) is -2.59. The van der Waals surface area contributed by atoms with E-state index in [0.717, 1.165) is 17.0 Å². The number of hydrogen-bond donors (Lipinski definition) is 14. The molecule has 1 heterocycles. The van der Waals surface area contributed by atoms with Gasteiger partial charge in [0, 0.05) is 38.6 Å².